The van der Waals surface area contributed by atoms with Gasteiger partial charge < -0.3 is 9.15 Å². The number of hydrogen-bond donors (Lipinski definition) is 1. The van der Waals surface area contributed by atoms with Crippen LogP contribution in [0.25, 0.3) is 0 Å². The number of nitrogens with one attached hydrogen (secondary N) is 1. The third kappa shape index (κ3) is 4.33. The van der Waals surface area contributed by atoms with Crippen molar-refractivity contribution in [3.8, 4) is 5.75 Å². The van der Waals surface area contributed by atoms with Gasteiger partial charge in [0.15, 0.2) is 0 Å². The predicted molar refractivity (Wildman–Crippen MR) is 91.0 cm³/mol. The van der Waals surface area contributed by atoms with E-state index < -0.39 is 0 Å². The molecule has 5 nitrogen and oxygen atoms in total. The molecule has 0 spiro atoms. The van der Waals surface area contributed by atoms with Crippen molar-refractivity contribution in [2.24, 2.45) is 5.10 Å². The Kier molecular flexibility index (Phi) is 5.04. The highest BCUT2D eigenvalue weighted by Gasteiger charge is 2.04. The van der Waals surface area contributed by atoms with E-state index in [9.17, 15) is 4.79 Å². The van der Waals surface area contributed by atoms with Gasteiger partial charge in [0.1, 0.15) is 18.1 Å². The van der Waals surface area contributed by atoms with Crippen LogP contribution in [0.1, 0.15) is 21.7 Å². The van der Waals surface area contributed by atoms with Crippen molar-refractivity contribution in [1.29, 1.82) is 0 Å². The molecule has 0 aliphatic rings. The van der Waals surface area contributed by atoms with Gasteiger partial charge in [-0.1, -0.05) is 30.3 Å². The number of nitrogens with zero attached hydrogens (tertiary/aromatic N) is 1. The van der Waals surface area contributed by atoms with Crippen molar-refractivity contribution in [3.05, 3.63) is 89.9 Å². The van der Waals surface area contributed by atoms with Crippen LogP contribution in [0, 0.1) is 0 Å². The second kappa shape index (κ2) is 7.78. The highest BCUT2D eigenvalue weighted by molar-refractivity contribution is 5.94. The smallest absolute Gasteiger partial charge is 0.271 e. The summed E-state index contributed by atoms with van der Waals surface area (Å²) < 4.78 is 10.8. The topological polar surface area (TPSA) is 63.8 Å². The van der Waals surface area contributed by atoms with Crippen LogP contribution in [-0.4, -0.2) is 12.1 Å². The number of ether oxygens (including phenoxy) is 1. The van der Waals surface area contributed by atoms with Gasteiger partial charge in [-0.2, -0.15) is 5.10 Å². The molecule has 0 unspecified atom stereocenters. The standard InChI is InChI=1S/C19H16N2O3/c22-19(21-20-13-18-7-4-12-23-18)16-8-10-17(11-9-16)24-14-15-5-2-1-3-6-15/h1-13H,14H2,(H,21,22). The summed E-state index contributed by atoms with van der Waals surface area (Å²) in [5.41, 5.74) is 4.03. The zero-order valence-corrected chi connectivity index (χ0v) is 12.9. The summed E-state index contributed by atoms with van der Waals surface area (Å²) in [5, 5.41) is 3.84. The lowest BCUT2D eigenvalue weighted by Gasteiger charge is -2.07. The lowest BCUT2D eigenvalue weighted by atomic mass is 10.2. The van der Waals surface area contributed by atoms with Crippen LogP contribution in [0.3, 0.4) is 0 Å². The van der Waals surface area contributed by atoms with Crippen molar-refractivity contribution < 1.29 is 13.9 Å². The average Bonchev–Trinajstić information content (AvgIpc) is 3.15. The average molecular weight is 320 g/mol. The fourth-order valence-corrected chi connectivity index (χ4v) is 2.03. The zero-order valence-electron chi connectivity index (χ0n) is 12.9. The summed E-state index contributed by atoms with van der Waals surface area (Å²) in [5.74, 6) is 0.974. The summed E-state index contributed by atoms with van der Waals surface area (Å²) in [6, 6.07) is 20.3. The fraction of sp³-hybridized carbons (Fsp3) is 0.0526. The molecule has 1 heterocycles. The van der Waals surface area contributed by atoms with E-state index in [1.165, 1.54) is 12.5 Å². The second-order valence-electron chi connectivity index (χ2n) is 5.01. The van der Waals surface area contributed by atoms with E-state index in [-0.39, 0.29) is 5.91 Å². The second-order valence-corrected chi connectivity index (χ2v) is 5.01. The number of carbonyl (C=O) groups excluding carboxylic acids is 1. The molecule has 0 fully saturated rings. The van der Waals surface area contributed by atoms with Crippen LogP contribution in [0.2, 0.25) is 0 Å². The Bertz CT molecular complexity index is 794. The molecular formula is C19H16N2O3. The summed E-state index contributed by atoms with van der Waals surface area (Å²) in [7, 11) is 0. The van der Waals surface area contributed by atoms with Gasteiger partial charge in [-0.3, -0.25) is 4.79 Å². The van der Waals surface area contributed by atoms with Gasteiger partial charge in [0.05, 0.1) is 12.5 Å². The molecule has 5 heteroatoms. The molecule has 0 saturated carbocycles. The van der Waals surface area contributed by atoms with Gasteiger partial charge in [-0.15, -0.1) is 0 Å². The number of rotatable bonds is 6. The van der Waals surface area contributed by atoms with E-state index in [0.717, 1.165) is 5.56 Å². The quantitative estimate of drug-likeness (QED) is 0.557. The minimum Gasteiger partial charge on any atom is -0.489 e. The van der Waals surface area contributed by atoms with Gasteiger partial charge in [-0.25, -0.2) is 5.43 Å². The van der Waals surface area contributed by atoms with Crippen LogP contribution in [0.4, 0.5) is 0 Å². The van der Waals surface area contributed by atoms with Crippen LogP contribution in [0.15, 0.2) is 82.5 Å². The van der Waals surface area contributed by atoms with E-state index in [1.807, 2.05) is 30.3 Å². The Hall–Kier alpha value is -3.34. The van der Waals surface area contributed by atoms with Crippen LogP contribution >= 0.6 is 0 Å². The summed E-state index contributed by atoms with van der Waals surface area (Å²) >= 11 is 0. The molecule has 0 aliphatic heterocycles. The first kappa shape index (κ1) is 15.6. The first-order valence-corrected chi connectivity index (χ1v) is 7.45. The molecule has 120 valence electrons. The number of carbonyl (C=O) groups is 1. The zero-order chi connectivity index (χ0) is 16.6. The molecule has 0 bridgehead atoms. The van der Waals surface area contributed by atoms with Gasteiger partial charge in [0, 0.05) is 5.56 Å². The molecular weight excluding hydrogens is 304 g/mol. The number of amides is 1. The maximum absolute atomic E-state index is 12.0. The molecule has 2 aromatic carbocycles. The Morgan fingerprint density at radius 2 is 1.83 bits per heavy atom. The van der Waals surface area contributed by atoms with Gasteiger partial charge in [-0.05, 0) is 42.0 Å². The van der Waals surface area contributed by atoms with E-state index in [2.05, 4.69) is 10.5 Å². The highest BCUT2D eigenvalue weighted by atomic mass is 16.5. The predicted octanol–water partition coefficient (Wildman–Crippen LogP) is 3.62. The van der Waals surface area contributed by atoms with Gasteiger partial charge in [0.25, 0.3) is 5.91 Å². The van der Waals surface area contributed by atoms with E-state index >= 15 is 0 Å². The normalized spacial score (nSPS) is 10.7. The van der Waals surface area contributed by atoms with Crippen molar-refractivity contribution in [3.63, 3.8) is 0 Å². The fourth-order valence-electron chi connectivity index (χ4n) is 2.03. The molecule has 24 heavy (non-hydrogen) atoms. The van der Waals surface area contributed by atoms with E-state index in [0.29, 0.717) is 23.7 Å². The summed E-state index contributed by atoms with van der Waals surface area (Å²) in [4.78, 5) is 12.0. The Morgan fingerprint density at radius 3 is 2.54 bits per heavy atom. The minimum absolute atomic E-state index is 0.299. The first-order chi connectivity index (χ1) is 11.8. The lowest BCUT2D eigenvalue weighted by Crippen LogP contribution is -2.17. The Balaban J connectivity index is 1.52. The number of benzene rings is 2. The SMILES string of the molecule is O=C(NN=Cc1ccco1)c1ccc(OCc2ccccc2)cc1. The van der Waals surface area contributed by atoms with E-state index in [4.69, 9.17) is 9.15 Å². The molecule has 3 rings (SSSR count). The summed E-state index contributed by atoms with van der Waals surface area (Å²) in [6.45, 7) is 0.486. The summed E-state index contributed by atoms with van der Waals surface area (Å²) in [6.07, 6.45) is 2.98. The third-order valence-electron chi connectivity index (χ3n) is 3.27. The molecule has 0 atom stereocenters. The minimum atomic E-state index is -0.299. The molecule has 1 aromatic heterocycles. The Labute approximate surface area is 139 Å². The number of hydrazone groups is 1. The molecule has 3 aromatic rings. The molecule has 0 aliphatic carbocycles. The number of hydrogen-bond acceptors (Lipinski definition) is 4. The van der Waals surface area contributed by atoms with Crippen LogP contribution in [0.5, 0.6) is 5.75 Å². The van der Waals surface area contributed by atoms with Crippen molar-refractivity contribution in [2.75, 3.05) is 0 Å². The monoisotopic (exact) mass is 320 g/mol. The molecule has 1 N–H and O–H groups in total. The number of furan rings is 1. The maximum Gasteiger partial charge on any atom is 0.271 e. The van der Waals surface area contributed by atoms with Crippen molar-refractivity contribution >= 4 is 12.1 Å². The first-order valence-electron chi connectivity index (χ1n) is 7.45. The van der Waals surface area contributed by atoms with Crippen LogP contribution < -0.4 is 10.2 Å². The molecule has 0 saturated heterocycles. The van der Waals surface area contributed by atoms with Crippen molar-refractivity contribution in [1.82, 2.24) is 5.43 Å². The van der Waals surface area contributed by atoms with Gasteiger partial charge >= 0.3 is 0 Å². The Morgan fingerprint density at radius 1 is 1.04 bits per heavy atom. The third-order valence-corrected chi connectivity index (χ3v) is 3.27. The molecule has 0 radical (unpaired) electrons. The van der Waals surface area contributed by atoms with Crippen LogP contribution in [-0.2, 0) is 6.61 Å². The highest BCUT2D eigenvalue weighted by Crippen LogP contribution is 2.14. The molecule has 1 amide bonds. The van der Waals surface area contributed by atoms with Gasteiger partial charge in [0.2, 0.25) is 0 Å². The lowest BCUT2D eigenvalue weighted by molar-refractivity contribution is 0.0955. The van der Waals surface area contributed by atoms with Crippen molar-refractivity contribution in [2.45, 2.75) is 6.61 Å². The largest absolute Gasteiger partial charge is 0.489 e. The van der Waals surface area contributed by atoms with E-state index in [1.54, 1.807) is 36.4 Å². The maximum atomic E-state index is 12.0.